The Kier molecular flexibility index (Phi) is 8.31. The molecule has 32 heavy (non-hydrogen) atoms. The van der Waals surface area contributed by atoms with Gasteiger partial charge in [-0.05, 0) is 47.9 Å². The fourth-order valence-corrected chi connectivity index (χ4v) is 3.53. The molecule has 0 saturated carbocycles. The number of carbonyl (C=O) groups is 1. The highest BCUT2D eigenvalue weighted by atomic mass is 35.5. The van der Waals surface area contributed by atoms with E-state index in [2.05, 4.69) is 10.3 Å². The minimum atomic E-state index is -0.558. The van der Waals surface area contributed by atoms with Crippen LogP contribution in [0.4, 0.5) is 9.18 Å². The lowest BCUT2D eigenvalue weighted by atomic mass is 9.97. The average Bonchev–Trinajstić information content (AvgIpc) is 2.79. The molecule has 0 aliphatic rings. The number of methoxy groups -OCH3 is 1. The molecule has 3 rings (SSSR count). The number of amides is 1. The normalized spacial score (nSPS) is 11.7. The number of hydrogen-bond donors (Lipinski definition) is 1. The number of ether oxygens (including phenoxy) is 2. The van der Waals surface area contributed by atoms with Gasteiger partial charge in [-0.15, -0.1) is 11.6 Å². The second-order valence-electron chi connectivity index (χ2n) is 7.09. The summed E-state index contributed by atoms with van der Waals surface area (Å²) in [6.45, 7) is 1.93. The number of nitrogens with zero attached hydrogens (tertiary/aromatic N) is 1. The molecule has 1 heterocycles. The molecular weight excluding hydrogens is 454 g/mol. The summed E-state index contributed by atoms with van der Waals surface area (Å²) in [5.41, 5.74) is 3.00. The maximum Gasteiger partial charge on any atom is 0.407 e. The minimum Gasteiger partial charge on any atom is -0.496 e. The second-order valence-corrected chi connectivity index (χ2v) is 7.90. The Morgan fingerprint density at radius 2 is 2.03 bits per heavy atom. The van der Waals surface area contributed by atoms with E-state index in [1.54, 1.807) is 55.6 Å². The molecule has 1 amide bonds. The standard InChI is InChI=1S/C24H23Cl2FN2O3/c1-15(29-24(30)32-11-10-25)20-8-6-16(14-28-20)12-18-7-9-21(31-2)22(23(18)27)17-4-3-5-19(26)13-17/h3-9,13-15H,10-12H2,1-2H3,(H,29,30). The zero-order valence-corrected chi connectivity index (χ0v) is 19.2. The lowest BCUT2D eigenvalue weighted by Gasteiger charge is -2.15. The number of carbonyl (C=O) groups excluding carboxylic acids is 1. The van der Waals surface area contributed by atoms with Gasteiger partial charge in [-0.25, -0.2) is 9.18 Å². The third-order valence-electron chi connectivity index (χ3n) is 4.85. The van der Waals surface area contributed by atoms with E-state index in [4.69, 9.17) is 32.7 Å². The number of aromatic nitrogens is 1. The molecule has 3 aromatic rings. The summed E-state index contributed by atoms with van der Waals surface area (Å²) in [5, 5.41) is 3.20. The largest absolute Gasteiger partial charge is 0.496 e. The number of pyridine rings is 1. The predicted octanol–water partition coefficient (Wildman–Crippen LogP) is 6.17. The van der Waals surface area contributed by atoms with E-state index in [1.807, 2.05) is 6.07 Å². The maximum absolute atomic E-state index is 15.5. The first-order valence-corrected chi connectivity index (χ1v) is 10.9. The van der Waals surface area contributed by atoms with Gasteiger partial charge in [-0.1, -0.05) is 35.9 Å². The molecule has 0 radical (unpaired) electrons. The highest BCUT2D eigenvalue weighted by Gasteiger charge is 2.17. The highest BCUT2D eigenvalue weighted by molar-refractivity contribution is 6.30. The maximum atomic E-state index is 15.5. The van der Waals surface area contributed by atoms with E-state index in [1.165, 1.54) is 7.11 Å². The molecule has 1 N–H and O–H groups in total. The molecular formula is C24H23Cl2FN2O3. The van der Waals surface area contributed by atoms with Gasteiger partial charge in [0.05, 0.1) is 30.3 Å². The van der Waals surface area contributed by atoms with Crippen molar-refractivity contribution in [3.8, 4) is 16.9 Å². The number of benzene rings is 2. The molecule has 2 aromatic carbocycles. The Labute approximate surface area is 196 Å². The quantitative estimate of drug-likeness (QED) is 0.395. The van der Waals surface area contributed by atoms with Gasteiger partial charge in [0.25, 0.3) is 0 Å². The van der Waals surface area contributed by atoms with E-state index >= 15 is 4.39 Å². The minimum absolute atomic E-state index is 0.136. The molecule has 1 unspecified atom stereocenters. The highest BCUT2D eigenvalue weighted by Crippen LogP contribution is 2.36. The molecule has 0 fully saturated rings. The fourth-order valence-electron chi connectivity index (χ4n) is 3.26. The lowest BCUT2D eigenvalue weighted by molar-refractivity contribution is 0.149. The summed E-state index contributed by atoms with van der Waals surface area (Å²) in [5.74, 6) is 0.297. The van der Waals surface area contributed by atoms with Crippen molar-refractivity contribution < 1.29 is 18.7 Å². The SMILES string of the molecule is COc1ccc(Cc2ccc(C(C)NC(=O)OCCCl)nc2)c(F)c1-c1cccc(Cl)c1. The zero-order valence-electron chi connectivity index (χ0n) is 17.7. The van der Waals surface area contributed by atoms with Crippen LogP contribution in [-0.2, 0) is 11.2 Å². The third-order valence-corrected chi connectivity index (χ3v) is 5.24. The summed E-state index contributed by atoms with van der Waals surface area (Å²) in [7, 11) is 1.51. The van der Waals surface area contributed by atoms with Crippen LogP contribution >= 0.6 is 23.2 Å². The number of rotatable bonds is 8. The molecule has 8 heteroatoms. The van der Waals surface area contributed by atoms with Gasteiger partial charge in [-0.2, -0.15) is 0 Å². The van der Waals surface area contributed by atoms with Crippen LogP contribution in [0.2, 0.25) is 5.02 Å². The van der Waals surface area contributed by atoms with Crippen molar-refractivity contribution in [3.63, 3.8) is 0 Å². The Morgan fingerprint density at radius 1 is 1.22 bits per heavy atom. The van der Waals surface area contributed by atoms with Crippen molar-refractivity contribution in [2.75, 3.05) is 19.6 Å². The van der Waals surface area contributed by atoms with E-state index < -0.39 is 6.09 Å². The molecule has 0 aliphatic heterocycles. The van der Waals surface area contributed by atoms with Gasteiger partial charge in [0.1, 0.15) is 18.2 Å². The number of nitrogens with one attached hydrogen (secondary N) is 1. The molecule has 0 saturated heterocycles. The van der Waals surface area contributed by atoms with E-state index in [0.717, 1.165) is 5.56 Å². The van der Waals surface area contributed by atoms with E-state index in [-0.39, 0.29) is 24.3 Å². The topological polar surface area (TPSA) is 60.5 Å². The van der Waals surface area contributed by atoms with Crippen LogP contribution in [0.3, 0.4) is 0 Å². The van der Waals surface area contributed by atoms with Crippen LogP contribution in [0.5, 0.6) is 5.75 Å². The van der Waals surface area contributed by atoms with Gasteiger partial charge in [0.2, 0.25) is 0 Å². The second kappa shape index (κ2) is 11.2. The lowest BCUT2D eigenvalue weighted by Crippen LogP contribution is -2.28. The van der Waals surface area contributed by atoms with Crippen LogP contribution in [0, 0.1) is 5.82 Å². The number of alkyl halides is 1. The summed E-state index contributed by atoms with van der Waals surface area (Å²) >= 11 is 11.6. The van der Waals surface area contributed by atoms with Gasteiger partial charge in [0.15, 0.2) is 0 Å². The average molecular weight is 477 g/mol. The molecule has 1 aromatic heterocycles. The van der Waals surface area contributed by atoms with Crippen molar-refractivity contribution >= 4 is 29.3 Å². The number of hydrogen-bond acceptors (Lipinski definition) is 4. The van der Waals surface area contributed by atoms with Crippen LogP contribution in [0.1, 0.15) is 29.8 Å². The molecule has 0 aliphatic carbocycles. The molecule has 1 atom stereocenters. The molecule has 5 nitrogen and oxygen atoms in total. The van der Waals surface area contributed by atoms with Gasteiger partial charge >= 0.3 is 6.09 Å². The van der Waals surface area contributed by atoms with Crippen LogP contribution in [-0.4, -0.2) is 30.7 Å². The number of alkyl carbamates (subject to hydrolysis) is 1. The fraction of sp³-hybridized carbons (Fsp3) is 0.250. The predicted molar refractivity (Wildman–Crippen MR) is 124 cm³/mol. The van der Waals surface area contributed by atoms with Gasteiger partial charge in [0, 0.05) is 17.6 Å². The van der Waals surface area contributed by atoms with E-state index in [9.17, 15) is 4.79 Å². The monoisotopic (exact) mass is 476 g/mol. The molecule has 168 valence electrons. The summed E-state index contributed by atoms with van der Waals surface area (Å²) in [6.07, 6.45) is 1.45. The van der Waals surface area contributed by atoms with Gasteiger partial charge in [-0.3, -0.25) is 4.98 Å². The van der Waals surface area contributed by atoms with E-state index in [0.29, 0.717) is 39.6 Å². The van der Waals surface area contributed by atoms with Crippen molar-refractivity contribution in [2.24, 2.45) is 0 Å². The van der Waals surface area contributed by atoms with Crippen LogP contribution in [0.25, 0.3) is 11.1 Å². The van der Waals surface area contributed by atoms with Crippen molar-refractivity contribution in [2.45, 2.75) is 19.4 Å². The van der Waals surface area contributed by atoms with Crippen LogP contribution in [0.15, 0.2) is 54.7 Å². The first-order valence-electron chi connectivity index (χ1n) is 9.98. The van der Waals surface area contributed by atoms with Crippen molar-refractivity contribution in [1.82, 2.24) is 10.3 Å². The van der Waals surface area contributed by atoms with Crippen LogP contribution < -0.4 is 10.1 Å². The molecule has 0 bridgehead atoms. The Hall–Kier alpha value is -2.83. The summed E-state index contributed by atoms with van der Waals surface area (Å²) in [4.78, 5) is 16.1. The first kappa shape index (κ1) is 23.8. The Bertz CT molecular complexity index is 1080. The Morgan fingerprint density at radius 3 is 2.69 bits per heavy atom. The smallest absolute Gasteiger partial charge is 0.407 e. The summed E-state index contributed by atoms with van der Waals surface area (Å²) < 4.78 is 25.7. The number of halogens is 3. The summed E-state index contributed by atoms with van der Waals surface area (Å²) in [6, 6.07) is 13.7. The van der Waals surface area contributed by atoms with Gasteiger partial charge < -0.3 is 14.8 Å². The Balaban J connectivity index is 1.79. The molecule has 0 spiro atoms. The van der Waals surface area contributed by atoms with Crippen molar-refractivity contribution in [1.29, 1.82) is 0 Å². The van der Waals surface area contributed by atoms with Crippen molar-refractivity contribution in [3.05, 3.63) is 82.4 Å². The third kappa shape index (κ3) is 5.90. The first-order chi connectivity index (χ1) is 15.4. The zero-order chi connectivity index (χ0) is 23.1.